The van der Waals surface area contributed by atoms with E-state index in [1.807, 2.05) is 11.7 Å². The van der Waals surface area contributed by atoms with E-state index in [1.165, 1.54) is 51.0 Å². The van der Waals surface area contributed by atoms with Crippen LogP contribution in [0.4, 0.5) is 0 Å². The molecule has 0 aromatic carbocycles. The number of fused-ring (bicyclic) bond motifs is 1. The number of hydrogen-bond acceptors (Lipinski definition) is 3. The fourth-order valence-electron chi connectivity index (χ4n) is 3.69. The van der Waals surface area contributed by atoms with Crippen molar-refractivity contribution in [3.8, 4) is 0 Å². The predicted molar refractivity (Wildman–Crippen MR) is 82.1 cm³/mol. The summed E-state index contributed by atoms with van der Waals surface area (Å²) in [6.07, 6.45) is 4.96. The lowest BCUT2D eigenvalue weighted by atomic mass is 10.1. The topological polar surface area (TPSA) is 24.3 Å². The van der Waals surface area contributed by atoms with Crippen LogP contribution in [-0.4, -0.2) is 51.8 Å². The molecule has 0 amide bonds. The molecule has 1 atom stereocenters. The van der Waals surface area contributed by atoms with E-state index in [1.54, 1.807) is 0 Å². The van der Waals surface area contributed by atoms with Gasteiger partial charge in [0.15, 0.2) is 0 Å². The first kappa shape index (κ1) is 14.4. The Morgan fingerprint density at radius 2 is 2.05 bits per heavy atom. The normalized spacial score (nSPS) is 24.9. The number of aryl methyl sites for hydroxylation is 2. The lowest BCUT2D eigenvalue weighted by molar-refractivity contribution is 0.215. The van der Waals surface area contributed by atoms with Gasteiger partial charge in [0, 0.05) is 31.7 Å². The van der Waals surface area contributed by atoms with Gasteiger partial charge in [-0.05, 0) is 45.3 Å². The van der Waals surface area contributed by atoms with Crippen molar-refractivity contribution < 1.29 is 0 Å². The average molecular weight is 297 g/mol. The summed E-state index contributed by atoms with van der Waals surface area (Å²) in [5, 5.41) is 5.35. The van der Waals surface area contributed by atoms with E-state index in [9.17, 15) is 0 Å². The van der Waals surface area contributed by atoms with Crippen molar-refractivity contribution >= 4 is 11.6 Å². The maximum Gasteiger partial charge on any atom is 0.131 e. The number of nitrogens with zero attached hydrogens (tertiary/aromatic N) is 4. The maximum atomic E-state index is 6.43. The fourth-order valence-corrected chi connectivity index (χ4v) is 3.90. The molecule has 4 nitrogen and oxygen atoms in total. The zero-order chi connectivity index (χ0) is 14.1. The van der Waals surface area contributed by atoms with Gasteiger partial charge in [0.1, 0.15) is 5.15 Å². The minimum atomic E-state index is 0.762. The van der Waals surface area contributed by atoms with Gasteiger partial charge < -0.3 is 0 Å². The monoisotopic (exact) mass is 296 g/mol. The highest BCUT2D eigenvalue weighted by molar-refractivity contribution is 6.30. The van der Waals surface area contributed by atoms with Gasteiger partial charge in [-0.25, -0.2) is 0 Å². The van der Waals surface area contributed by atoms with Crippen LogP contribution >= 0.6 is 11.6 Å². The van der Waals surface area contributed by atoms with Gasteiger partial charge in [-0.15, -0.1) is 0 Å². The van der Waals surface area contributed by atoms with E-state index in [-0.39, 0.29) is 0 Å². The summed E-state index contributed by atoms with van der Waals surface area (Å²) in [5.74, 6) is 0. The van der Waals surface area contributed by atoms with Crippen molar-refractivity contribution in [2.24, 2.45) is 7.05 Å². The second-order valence-electron chi connectivity index (χ2n) is 6.11. The molecule has 1 aromatic rings. The van der Waals surface area contributed by atoms with Crippen molar-refractivity contribution in [2.75, 3.05) is 26.2 Å². The summed E-state index contributed by atoms with van der Waals surface area (Å²) in [4.78, 5) is 5.25. The Balaban J connectivity index is 1.73. The zero-order valence-corrected chi connectivity index (χ0v) is 13.4. The van der Waals surface area contributed by atoms with Crippen LogP contribution < -0.4 is 0 Å². The number of hydrogen-bond donors (Lipinski definition) is 0. The summed E-state index contributed by atoms with van der Waals surface area (Å²) >= 11 is 6.43. The molecule has 3 rings (SSSR count). The first-order valence-electron chi connectivity index (χ1n) is 7.85. The van der Waals surface area contributed by atoms with Gasteiger partial charge in [0.05, 0.1) is 5.69 Å². The molecule has 2 aliphatic rings. The summed E-state index contributed by atoms with van der Waals surface area (Å²) in [7, 11) is 1.94. The Labute approximate surface area is 126 Å². The smallest absolute Gasteiger partial charge is 0.131 e. The Bertz CT molecular complexity index is 471. The minimum Gasteiger partial charge on any atom is -0.299 e. The molecule has 0 spiro atoms. The third-order valence-electron chi connectivity index (χ3n) is 4.76. The van der Waals surface area contributed by atoms with Gasteiger partial charge in [-0.1, -0.05) is 18.5 Å². The summed E-state index contributed by atoms with van der Waals surface area (Å²) in [6, 6.07) is 0.762. The molecule has 5 heteroatoms. The Morgan fingerprint density at radius 1 is 1.25 bits per heavy atom. The number of halogens is 1. The van der Waals surface area contributed by atoms with Crippen LogP contribution in [0.15, 0.2) is 0 Å². The Kier molecular flexibility index (Phi) is 4.34. The standard InChI is InChI=1S/C15H25ClN4/c1-3-14-13(15(16)18(2)17-14)11-19-7-5-9-20-8-4-6-12(20)10-19/h12H,3-11H2,1-2H3/t12-/m0/s1. The summed E-state index contributed by atoms with van der Waals surface area (Å²) in [6.45, 7) is 8.05. The molecule has 0 bridgehead atoms. The number of aromatic nitrogens is 2. The van der Waals surface area contributed by atoms with Crippen LogP contribution in [0.3, 0.4) is 0 Å². The molecule has 2 fully saturated rings. The molecule has 1 aromatic heterocycles. The van der Waals surface area contributed by atoms with E-state index in [0.29, 0.717) is 0 Å². The van der Waals surface area contributed by atoms with Crippen LogP contribution in [0.1, 0.15) is 37.4 Å². The molecule has 0 unspecified atom stereocenters. The molecule has 0 saturated carbocycles. The number of rotatable bonds is 3. The Hall–Kier alpha value is -0.580. The molecule has 0 radical (unpaired) electrons. The van der Waals surface area contributed by atoms with Gasteiger partial charge in [0.25, 0.3) is 0 Å². The van der Waals surface area contributed by atoms with Crippen LogP contribution in [-0.2, 0) is 20.0 Å². The molecule has 20 heavy (non-hydrogen) atoms. The highest BCUT2D eigenvalue weighted by Gasteiger charge is 2.29. The van der Waals surface area contributed by atoms with Crippen molar-refractivity contribution in [1.82, 2.24) is 19.6 Å². The molecule has 3 heterocycles. The van der Waals surface area contributed by atoms with Crippen LogP contribution in [0, 0.1) is 0 Å². The lowest BCUT2D eigenvalue weighted by Crippen LogP contribution is -2.36. The van der Waals surface area contributed by atoms with Crippen molar-refractivity contribution in [3.63, 3.8) is 0 Å². The molecular weight excluding hydrogens is 272 g/mol. The molecule has 2 aliphatic heterocycles. The SMILES string of the molecule is CCc1nn(C)c(Cl)c1CN1CCCN2CCC[C@H]2C1. The van der Waals surface area contributed by atoms with Crippen molar-refractivity contribution in [2.45, 2.75) is 45.2 Å². The van der Waals surface area contributed by atoms with Gasteiger partial charge in [0.2, 0.25) is 0 Å². The third kappa shape index (κ3) is 2.74. The van der Waals surface area contributed by atoms with Gasteiger partial charge >= 0.3 is 0 Å². The molecule has 2 saturated heterocycles. The van der Waals surface area contributed by atoms with Crippen LogP contribution in [0.25, 0.3) is 0 Å². The van der Waals surface area contributed by atoms with E-state index >= 15 is 0 Å². The molecular formula is C15H25ClN4. The highest BCUT2D eigenvalue weighted by Crippen LogP contribution is 2.25. The second kappa shape index (κ2) is 6.04. The van der Waals surface area contributed by atoms with Crippen molar-refractivity contribution in [1.29, 1.82) is 0 Å². The predicted octanol–water partition coefficient (Wildman–Crippen LogP) is 2.31. The summed E-state index contributed by atoms with van der Waals surface area (Å²) < 4.78 is 1.81. The van der Waals surface area contributed by atoms with E-state index in [2.05, 4.69) is 21.8 Å². The maximum absolute atomic E-state index is 6.43. The Morgan fingerprint density at radius 3 is 2.85 bits per heavy atom. The fraction of sp³-hybridized carbons (Fsp3) is 0.800. The van der Waals surface area contributed by atoms with Crippen molar-refractivity contribution in [3.05, 3.63) is 16.4 Å². The van der Waals surface area contributed by atoms with Crippen LogP contribution in [0.2, 0.25) is 5.15 Å². The first-order valence-corrected chi connectivity index (χ1v) is 8.23. The quantitative estimate of drug-likeness (QED) is 0.855. The second-order valence-corrected chi connectivity index (χ2v) is 6.47. The largest absolute Gasteiger partial charge is 0.299 e. The third-order valence-corrected chi connectivity index (χ3v) is 5.23. The van der Waals surface area contributed by atoms with E-state index in [0.717, 1.165) is 29.9 Å². The van der Waals surface area contributed by atoms with Crippen LogP contribution in [0.5, 0.6) is 0 Å². The lowest BCUT2D eigenvalue weighted by Gasteiger charge is -2.25. The average Bonchev–Trinajstić information content (AvgIpc) is 2.92. The van der Waals surface area contributed by atoms with Gasteiger partial charge in [-0.3, -0.25) is 14.5 Å². The molecule has 0 N–H and O–H groups in total. The van der Waals surface area contributed by atoms with E-state index < -0.39 is 0 Å². The molecule has 0 aliphatic carbocycles. The highest BCUT2D eigenvalue weighted by atomic mass is 35.5. The zero-order valence-electron chi connectivity index (χ0n) is 12.6. The minimum absolute atomic E-state index is 0.762. The molecule has 112 valence electrons. The summed E-state index contributed by atoms with van der Waals surface area (Å²) in [5.41, 5.74) is 2.40. The van der Waals surface area contributed by atoms with E-state index in [4.69, 9.17) is 11.6 Å². The van der Waals surface area contributed by atoms with Gasteiger partial charge in [-0.2, -0.15) is 5.10 Å². The first-order chi connectivity index (χ1) is 9.69.